The minimum Gasteiger partial charge on any atom is -0.396 e. The molecule has 1 aromatic carbocycles. The summed E-state index contributed by atoms with van der Waals surface area (Å²) in [6, 6.07) is 9.13. The molecule has 1 rings (SSSR count). The van der Waals surface area contributed by atoms with Gasteiger partial charge < -0.3 is 5.11 Å². The van der Waals surface area contributed by atoms with Crippen LogP contribution in [0.5, 0.6) is 0 Å². The molecule has 0 spiro atoms. The van der Waals surface area contributed by atoms with E-state index in [9.17, 15) is 0 Å². The second-order valence-corrected chi connectivity index (χ2v) is 2.26. The van der Waals surface area contributed by atoms with Crippen molar-refractivity contribution in [1.82, 2.24) is 0 Å². The maximum atomic E-state index is 9.07. The highest BCUT2D eigenvalue weighted by atomic mass is 16.3. The fourth-order valence-electron chi connectivity index (χ4n) is 0.816. The Labute approximate surface area is 64.1 Å². The number of rotatable bonds is 2. The molecule has 10 heavy (non-hydrogen) atoms. The van der Waals surface area contributed by atoms with Gasteiger partial charge in [0.05, 0.1) is 2.74 Å². The maximum absolute atomic E-state index is 9.07. The van der Waals surface area contributed by atoms with Crippen molar-refractivity contribution in [3.63, 3.8) is 0 Å². The normalized spacial score (nSPS) is 17.4. The molecule has 0 aliphatic heterocycles. The molecule has 0 aliphatic carbocycles. The summed E-state index contributed by atoms with van der Waals surface area (Å²) in [5.74, 6) is -0.487. The molecule has 1 N–H and O–H groups in total. The third-order valence-electron chi connectivity index (χ3n) is 1.49. The van der Waals surface area contributed by atoms with Crippen molar-refractivity contribution in [3.05, 3.63) is 35.9 Å². The molecule has 0 saturated carbocycles. The maximum Gasteiger partial charge on any atom is 0.0570 e. The van der Waals surface area contributed by atoms with Gasteiger partial charge in [-0.2, -0.15) is 0 Å². The van der Waals surface area contributed by atoms with Crippen molar-refractivity contribution in [2.24, 2.45) is 0 Å². The third-order valence-corrected chi connectivity index (χ3v) is 1.49. The van der Waals surface area contributed by atoms with E-state index in [-0.39, 0.29) is 0 Å². The van der Waals surface area contributed by atoms with Crippen molar-refractivity contribution in [1.29, 1.82) is 0 Å². The molecule has 1 atom stereocenters. The highest BCUT2D eigenvalue weighted by Gasteiger charge is 2.00. The van der Waals surface area contributed by atoms with Crippen LogP contribution < -0.4 is 0 Å². The van der Waals surface area contributed by atoms with Gasteiger partial charge in [-0.05, 0) is 5.56 Å². The van der Waals surface area contributed by atoms with Crippen LogP contribution in [0.25, 0.3) is 0 Å². The zero-order valence-electron chi connectivity index (χ0n) is 7.91. The lowest BCUT2D eigenvalue weighted by molar-refractivity contribution is 0.273. The van der Waals surface area contributed by atoms with Crippen LogP contribution in [0.1, 0.15) is 21.1 Å². The Morgan fingerprint density at radius 2 is 2.10 bits per heavy atom. The van der Waals surface area contributed by atoms with E-state index in [0.717, 1.165) is 5.56 Å². The average Bonchev–Trinajstić information content (AvgIpc) is 2.03. The first-order valence-electron chi connectivity index (χ1n) is 4.29. The summed E-state index contributed by atoms with van der Waals surface area (Å²) in [5, 5.41) is 9.07. The van der Waals surface area contributed by atoms with E-state index in [1.165, 1.54) is 0 Å². The van der Waals surface area contributed by atoms with Gasteiger partial charge >= 0.3 is 0 Å². The van der Waals surface area contributed by atoms with Crippen LogP contribution in [-0.4, -0.2) is 11.7 Å². The van der Waals surface area contributed by atoms with Crippen molar-refractivity contribution >= 4 is 0 Å². The topological polar surface area (TPSA) is 20.2 Å². The molecular weight excluding hydrogens is 124 g/mol. The van der Waals surface area contributed by atoms with E-state index in [2.05, 4.69) is 0 Å². The van der Waals surface area contributed by atoms with E-state index in [0.29, 0.717) is 0 Å². The number of benzene rings is 1. The second-order valence-electron chi connectivity index (χ2n) is 2.26. The van der Waals surface area contributed by atoms with Gasteiger partial charge in [-0.25, -0.2) is 0 Å². The SMILES string of the molecule is [2H]C([2H])(O)[C@H](C)c1ccccc1. The predicted octanol–water partition coefficient (Wildman–Crippen LogP) is 1.78. The summed E-state index contributed by atoms with van der Waals surface area (Å²) in [6.07, 6.45) is 0. The van der Waals surface area contributed by atoms with Gasteiger partial charge in [0.25, 0.3) is 0 Å². The molecule has 0 amide bonds. The largest absolute Gasteiger partial charge is 0.396 e. The Hall–Kier alpha value is -0.820. The summed E-state index contributed by atoms with van der Waals surface area (Å²) in [7, 11) is 0. The molecule has 1 nitrogen and oxygen atoms in total. The molecule has 0 radical (unpaired) electrons. The molecule has 0 bridgehead atoms. The first-order valence-corrected chi connectivity index (χ1v) is 3.29. The van der Waals surface area contributed by atoms with Crippen LogP contribution in [0.3, 0.4) is 0 Å². The minimum absolute atomic E-state index is 0.487. The van der Waals surface area contributed by atoms with E-state index in [4.69, 9.17) is 7.85 Å². The fourth-order valence-corrected chi connectivity index (χ4v) is 0.816. The highest BCUT2D eigenvalue weighted by Crippen LogP contribution is 2.12. The zero-order valence-corrected chi connectivity index (χ0v) is 5.91. The number of hydrogen-bond acceptors (Lipinski definition) is 1. The summed E-state index contributed by atoms with van der Waals surface area (Å²) < 4.78 is 14.2. The van der Waals surface area contributed by atoms with E-state index < -0.39 is 12.5 Å². The van der Waals surface area contributed by atoms with Gasteiger partial charge in [0.15, 0.2) is 0 Å². The van der Waals surface area contributed by atoms with Crippen molar-refractivity contribution in [2.75, 3.05) is 6.56 Å². The van der Waals surface area contributed by atoms with Gasteiger partial charge in [-0.1, -0.05) is 37.3 Å². The van der Waals surface area contributed by atoms with Gasteiger partial charge in [0.1, 0.15) is 0 Å². The molecule has 0 aromatic heterocycles. The summed E-state index contributed by atoms with van der Waals surface area (Å²) in [5.41, 5.74) is 0.810. The van der Waals surface area contributed by atoms with Crippen LogP contribution in [0.4, 0.5) is 0 Å². The Kier molecular flexibility index (Phi) is 1.66. The Bertz CT molecular complexity index is 240. The lowest BCUT2D eigenvalue weighted by atomic mass is 10.0. The second kappa shape index (κ2) is 3.37. The third kappa shape index (κ3) is 1.58. The van der Waals surface area contributed by atoms with Gasteiger partial charge in [0.2, 0.25) is 0 Å². The Morgan fingerprint density at radius 1 is 1.50 bits per heavy atom. The summed E-state index contributed by atoms with van der Waals surface area (Å²) in [6.45, 7) is -0.476. The Balaban J connectivity index is 2.86. The summed E-state index contributed by atoms with van der Waals surface area (Å²) >= 11 is 0. The molecule has 1 heteroatoms. The Morgan fingerprint density at radius 3 is 2.60 bits per heavy atom. The predicted molar refractivity (Wildman–Crippen MR) is 41.9 cm³/mol. The van der Waals surface area contributed by atoms with Crippen LogP contribution >= 0.6 is 0 Å². The van der Waals surface area contributed by atoms with Gasteiger partial charge in [0, 0.05) is 12.5 Å². The molecule has 0 heterocycles. The molecular formula is C9H12O. The minimum atomic E-state index is -2.14. The van der Waals surface area contributed by atoms with E-state index in [1.54, 1.807) is 19.1 Å². The lowest BCUT2D eigenvalue weighted by Gasteiger charge is -2.05. The first-order chi connectivity index (χ1) is 5.52. The zero-order chi connectivity index (χ0) is 9.19. The molecule has 0 unspecified atom stereocenters. The van der Waals surface area contributed by atoms with E-state index in [1.807, 2.05) is 18.2 Å². The average molecular weight is 138 g/mol. The lowest BCUT2D eigenvalue weighted by Crippen LogP contribution is -1.97. The summed E-state index contributed by atoms with van der Waals surface area (Å²) in [4.78, 5) is 0. The van der Waals surface area contributed by atoms with Crippen LogP contribution in [0.15, 0.2) is 30.3 Å². The monoisotopic (exact) mass is 138 g/mol. The van der Waals surface area contributed by atoms with Crippen molar-refractivity contribution in [2.45, 2.75) is 12.8 Å². The van der Waals surface area contributed by atoms with Crippen molar-refractivity contribution < 1.29 is 7.85 Å². The van der Waals surface area contributed by atoms with Crippen LogP contribution in [0, 0.1) is 0 Å². The molecule has 54 valence electrons. The van der Waals surface area contributed by atoms with E-state index >= 15 is 0 Å². The standard InChI is InChI=1S/C9H12O/c1-8(7-10)9-5-3-2-4-6-9/h2-6,8,10H,7H2,1H3/t8-/m0/s1/i7D2. The molecule has 1 aromatic rings. The molecule has 0 saturated heterocycles. The van der Waals surface area contributed by atoms with Gasteiger partial charge in [-0.15, -0.1) is 0 Å². The number of aliphatic hydroxyl groups is 1. The first kappa shape index (κ1) is 4.91. The number of hydrogen-bond donors (Lipinski definition) is 1. The van der Waals surface area contributed by atoms with Crippen LogP contribution in [0.2, 0.25) is 0 Å². The smallest absolute Gasteiger partial charge is 0.0570 e. The molecule has 0 fully saturated rings. The van der Waals surface area contributed by atoms with Crippen LogP contribution in [-0.2, 0) is 0 Å². The highest BCUT2D eigenvalue weighted by molar-refractivity contribution is 5.18. The quantitative estimate of drug-likeness (QED) is 0.660. The molecule has 0 aliphatic rings. The van der Waals surface area contributed by atoms with Crippen molar-refractivity contribution in [3.8, 4) is 0 Å². The van der Waals surface area contributed by atoms with Gasteiger partial charge in [-0.3, -0.25) is 0 Å². The fraction of sp³-hybridized carbons (Fsp3) is 0.333.